The van der Waals surface area contributed by atoms with E-state index in [2.05, 4.69) is 16.4 Å². The van der Waals surface area contributed by atoms with E-state index in [0.717, 1.165) is 11.3 Å². The molecular weight excluding hydrogens is 269 g/mol. The number of aromatic nitrogens is 1. The third-order valence-corrected chi connectivity index (χ3v) is 4.50. The minimum absolute atomic E-state index is 0.435. The quantitative estimate of drug-likeness (QED) is 0.593. The predicted molar refractivity (Wildman–Crippen MR) is 68.1 cm³/mol. The molecular formula is C10H7Cl2NS2. The molecule has 2 rings (SSSR count). The molecule has 0 aliphatic carbocycles. The van der Waals surface area contributed by atoms with Crippen molar-refractivity contribution in [1.82, 2.24) is 4.98 Å². The molecule has 0 saturated carbocycles. The fourth-order valence-electron chi connectivity index (χ4n) is 1.04. The minimum Gasteiger partial charge on any atom is -0.244 e. The second-order valence-electron chi connectivity index (χ2n) is 2.82. The Morgan fingerprint density at radius 3 is 2.93 bits per heavy atom. The lowest BCUT2D eigenvalue weighted by molar-refractivity contribution is 1.25. The predicted octanol–water partition coefficient (Wildman–Crippen LogP) is 4.74. The van der Waals surface area contributed by atoms with Crippen LogP contribution in [-0.4, -0.2) is 4.98 Å². The van der Waals surface area contributed by atoms with Crippen LogP contribution < -0.4 is 0 Å². The van der Waals surface area contributed by atoms with Gasteiger partial charge in [-0.05, 0) is 23.1 Å². The highest BCUT2D eigenvalue weighted by atomic mass is 35.5. The van der Waals surface area contributed by atoms with Gasteiger partial charge in [0.15, 0.2) is 0 Å². The topological polar surface area (TPSA) is 12.9 Å². The van der Waals surface area contributed by atoms with Gasteiger partial charge in [-0.2, -0.15) is 0 Å². The second-order valence-corrected chi connectivity index (χ2v) is 5.84. The zero-order valence-electron chi connectivity index (χ0n) is 7.61. The van der Waals surface area contributed by atoms with Crippen LogP contribution in [0.4, 0.5) is 0 Å². The van der Waals surface area contributed by atoms with E-state index >= 15 is 0 Å². The Morgan fingerprint density at radius 1 is 1.40 bits per heavy atom. The van der Waals surface area contributed by atoms with Gasteiger partial charge < -0.3 is 0 Å². The first-order valence-corrected chi connectivity index (χ1v) is 6.84. The molecule has 0 N–H and O–H groups in total. The Morgan fingerprint density at radius 2 is 2.27 bits per heavy atom. The summed E-state index contributed by atoms with van der Waals surface area (Å²) in [7, 11) is 0. The Hall–Kier alpha value is -0.220. The molecule has 0 aromatic carbocycles. The van der Waals surface area contributed by atoms with Crippen LogP contribution in [0.25, 0.3) is 0 Å². The summed E-state index contributed by atoms with van der Waals surface area (Å²) < 4.78 is 1.28. The molecule has 0 unspecified atom stereocenters. The van der Waals surface area contributed by atoms with Crippen LogP contribution >= 0.6 is 46.3 Å². The van der Waals surface area contributed by atoms with E-state index in [1.54, 1.807) is 35.4 Å². The molecule has 0 spiro atoms. The molecule has 5 heteroatoms. The maximum atomic E-state index is 6.04. The smallest absolute Gasteiger partial charge is 0.130 e. The Balaban J connectivity index is 2.05. The summed E-state index contributed by atoms with van der Waals surface area (Å²) in [6.07, 6.45) is 1.73. The summed E-state index contributed by atoms with van der Waals surface area (Å²) in [5.74, 6) is 0.823. The first-order chi connectivity index (χ1) is 7.25. The molecule has 2 aromatic heterocycles. The first-order valence-electron chi connectivity index (χ1n) is 4.22. The molecule has 0 saturated heterocycles. The molecule has 0 atom stereocenters. The number of halogens is 2. The normalized spacial score (nSPS) is 10.5. The van der Waals surface area contributed by atoms with Crippen LogP contribution in [-0.2, 0) is 5.75 Å². The van der Waals surface area contributed by atoms with Gasteiger partial charge in [0, 0.05) is 17.0 Å². The Kier molecular flexibility index (Phi) is 3.92. The third kappa shape index (κ3) is 3.11. The van der Waals surface area contributed by atoms with Crippen molar-refractivity contribution in [3.63, 3.8) is 0 Å². The Labute approximate surface area is 106 Å². The van der Waals surface area contributed by atoms with Crippen LogP contribution in [0, 0.1) is 0 Å². The standard InChI is InChI=1S/C10H7Cl2NS2/c11-8-4-9(12)13-5-7(8)6-15-10-2-1-3-14-10/h1-5H,6H2. The molecule has 1 nitrogen and oxygen atoms in total. The number of thioether (sulfide) groups is 1. The van der Waals surface area contributed by atoms with Crippen LogP contribution in [0.15, 0.2) is 34.0 Å². The van der Waals surface area contributed by atoms with Gasteiger partial charge in [-0.15, -0.1) is 23.1 Å². The van der Waals surface area contributed by atoms with Gasteiger partial charge in [-0.3, -0.25) is 0 Å². The molecule has 0 amide bonds. The number of thiophene rings is 1. The van der Waals surface area contributed by atoms with Gasteiger partial charge in [0.1, 0.15) is 5.15 Å². The minimum atomic E-state index is 0.435. The van der Waals surface area contributed by atoms with Gasteiger partial charge in [0.25, 0.3) is 0 Å². The van der Waals surface area contributed by atoms with Crippen molar-refractivity contribution < 1.29 is 0 Å². The van der Waals surface area contributed by atoms with Crippen LogP contribution in [0.3, 0.4) is 0 Å². The summed E-state index contributed by atoms with van der Waals surface area (Å²) in [6, 6.07) is 5.80. The monoisotopic (exact) mass is 275 g/mol. The molecule has 0 aliphatic rings. The molecule has 2 heterocycles. The van der Waals surface area contributed by atoms with Crippen molar-refractivity contribution in [2.45, 2.75) is 9.96 Å². The molecule has 0 fully saturated rings. The molecule has 0 bridgehead atoms. The van der Waals surface area contributed by atoms with E-state index < -0.39 is 0 Å². The van der Waals surface area contributed by atoms with Crippen molar-refractivity contribution in [3.8, 4) is 0 Å². The molecule has 2 aromatic rings. The van der Waals surface area contributed by atoms with Gasteiger partial charge in [0.2, 0.25) is 0 Å². The number of hydrogen-bond acceptors (Lipinski definition) is 3. The summed E-state index contributed by atoms with van der Waals surface area (Å²) in [4.78, 5) is 4.01. The van der Waals surface area contributed by atoms with Crippen molar-refractivity contribution in [1.29, 1.82) is 0 Å². The van der Waals surface area contributed by atoms with Gasteiger partial charge >= 0.3 is 0 Å². The number of rotatable bonds is 3. The molecule has 0 radical (unpaired) electrons. The van der Waals surface area contributed by atoms with E-state index in [0.29, 0.717) is 10.2 Å². The lowest BCUT2D eigenvalue weighted by Crippen LogP contribution is -1.85. The van der Waals surface area contributed by atoms with E-state index in [-0.39, 0.29) is 0 Å². The largest absolute Gasteiger partial charge is 0.244 e. The van der Waals surface area contributed by atoms with Gasteiger partial charge in [-0.25, -0.2) is 4.98 Å². The second kappa shape index (κ2) is 5.21. The Bertz CT molecular complexity index is 443. The SMILES string of the molecule is Clc1cc(Cl)c(CSc2cccs2)cn1. The summed E-state index contributed by atoms with van der Waals surface area (Å²) >= 11 is 15.2. The summed E-state index contributed by atoms with van der Waals surface area (Å²) in [5.41, 5.74) is 1.01. The van der Waals surface area contributed by atoms with Crippen molar-refractivity contribution in [3.05, 3.63) is 45.5 Å². The first kappa shape index (κ1) is 11.3. The van der Waals surface area contributed by atoms with Gasteiger partial charge in [0.05, 0.1) is 4.21 Å². The lowest BCUT2D eigenvalue weighted by atomic mass is 10.3. The summed E-state index contributed by atoms with van der Waals surface area (Å²) in [5, 5.41) is 3.17. The highest BCUT2D eigenvalue weighted by Gasteiger charge is 2.03. The fraction of sp³-hybridized carbons (Fsp3) is 0.100. The zero-order valence-corrected chi connectivity index (χ0v) is 10.8. The highest BCUT2D eigenvalue weighted by molar-refractivity contribution is 8.00. The van der Waals surface area contributed by atoms with E-state index in [1.165, 1.54) is 4.21 Å². The van der Waals surface area contributed by atoms with Crippen molar-refractivity contribution >= 4 is 46.3 Å². The number of hydrogen-bond donors (Lipinski definition) is 0. The van der Waals surface area contributed by atoms with Crippen molar-refractivity contribution in [2.24, 2.45) is 0 Å². The average Bonchev–Trinajstić information content (AvgIpc) is 2.69. The molecule has 15 heavy (non-hydrogen) atoms. The van der Waals surface area contributed by atoms with E-state index in [9.17, 15) is 0 Å². The maximum absolute atomic E-state index is 6.04. The van der Waals surface area contributed by atoms with E-state index in [4.69, 9.17) is 23.2 Å². The molecule has 0 aliphatic heterocycles. The zero-order chi connectivity index (χ0) is 10.7. The van der Waals surface area contributed by atoms with Crippen LogP contribution in [0.2, 0.25) is 10.2 Å². The van der Waals surface area contributed by atoms with Crippen LogP contribution in [0.5, 0.6) is 0 Å². The van der Waals surface area contributed by atoms with Crippen molar-refractivity contribution in [2.75, 3.05) is 0 Å². The van der Waals surface area contributed by atoms with E-state index in [1.807, 2.05) is 6.07 Å². The third-order valence-electron chi connectivity index (χ3n) is 1.76. The summed E-state index contributed by atoms with van der Waals surface area (Å²) in [6.45, 7) is 0. The van der Waals surface area contributed by atoms with Crippen LogP contribution in [0.1, 0.15) is 5.56 Å². The number of pyridine rings is 1. The lowest BCUT2D eigenvalue weighted by Gasteiger charge is -2.02. The maximum Gasteiger partial charge on any atom is 0.130 e. The molecule has 78 valence electrons. The number of nitrogens with zero attached hydrogens (tertiary/aromatic N) is 1. The highest BCUT2D eigenvalue weighted by Crippen LogP contribution is 2.29. The average molecular weight is 276 g/mol. The fourth-order valence-corrected chi connectivity index (χ4v) is 3.32. The van der Waals surface area contributed by atoms with Gasteiger partial charge in [-0.1, -0.05) is 29.3 Å².